The molecule has 0 bridgehead atoms. The Labute approximate surface area is 266 Å². The molecule has 0 heterocycles. The first-order chi connectivity index (χ1) is 20.3. The number of phenols is 4. The number of aromatic hydroxyl groups is 4. The molecule has 0 aliphatic carbocycles. The van der Waals surface area contributed by atoms with Crippen molar-refractivity contribution in [3.63, 3.8) is 0 Å². The van der Waals surface area contributed by atoms with Crippen LogP contribution in [0.25, 0.3) is 21.5 Å². The van der Waals surface area contributed by atoms with Crippen LogP contribution in [0.5, 0.6) is 23.0 Å². The molecule has 0 unspecified atom stereocenters. The number of nitrogens with zero attached hydrogens (tertiary/aromatic N) is 4. The molecule has 0 aromatic heterocycles. The summed E-state index contributed by atoms with van der Waals surface area (Å²) in [6, 6.07) is 31.0. The molecular formula is C32H22Cl2CoN4O4. The zero-order chi connectivity index (χ0) is 29.6. The fraction of sp³-hybridized carbons (Fsp3) is 0. The van der Waals surface area contributed by atoms with E-state index in [2.05, 4.69) is 20.5 Å². The van der Waals surface area contributed by atoms with E-state index in [-0.39, 0.29) is 51.2 Å². The zero-order valence-corrected chi connectivity index (χ0v) is 24.6. The Balaban J connectivity index is 0.000000192. The van der Waals surface area contributed by atoms with Crippen molar-refractivity contribution in [1.29, 1.82) is 0 Å². The summed E-state index contributed by atoms with van der Waals surface area (Å²) in [7, 11) is 0. The van der Waals surface area contributed by atoms with Crippen LogP contribution in [0.1, 0.15) is 0 Å². The first kappa shape index (κ1) is 31.3. The van der Waals surface area contributed by atoms with Gasteiger partial charge in [-0.25, -0.2) is 0 Å². The van der Waals surface area contributed by atoms with Crippen LogP contribution < -0.4 is 0 Å². The van der Waals surface area contributed by atoms with E-state index in [0.29, 0.717) is 21.4 Å². The van der Waals surface area contributed by atoms with E-state index in [1.54, 1.807) is 36.4 Å². The Bertz CT molecular complexity index is 1840. The molecule has 11 heteroatoms. The number of halogens is 2. The predicted octanol–water partition coefficient (Wildman–Crippen LogP) is 10.6. The van der Waals surface area contributed by atoms with Gasteiger partial charge in [-0.2, -0.15) is 0 Å². The fourth-order valence-corrected chi connectivity index (χ4v) is 4.40. The van der Waals surface area contributed by atoms with Gasteiger partial charge in [0.25, 0.3) is 0 Å². The van der Waals surface area contributed by atoms with E-state index in [4.69, 9.17) is 23.2 Å². The van der Waals surface area contributed by atoms with Gasteiger partial charge in [-0.05, 0) is 47.2 Å². The molecule has 0 saturated heterocycles. The third kappa shape index (κ3) is 7.40. The molecule has 43 heavy (non-hydrogen) atoms. The van der Waals surface area contributed by atoms with Crippen LogP contribution in [0.4, 0.5) is 22.7 Å². The average Bonchev–Trinajstić information content (AvgIpc) is 2.98. The van der Waals surface area contributed by atoms with Gasteiger partial charge in [0.05, 0.1) is 0 Å². The minimum atomic E-state index is -0.0639. The van der Waals surface area contributed by atoms with Crippen molar-refractivity contribution >= 4 is 67.5 Å². The minimum Gasteiger partial charge on any atom is -0.506 e. The molecule has 6 rings (SSSR count). The summed E-state index contributed by atoms with van der Waals surface area (Å²) in [6.45, 7) is 0. The molecule has 0 saturated carbocycles. The molecule has 4 N–H and O–H groups in total. The van der Waals surface area contributed by atoms with E-state index in [1.807, 2.05) is 60.7 Å². The normalized spacial score (nSPS) is 11.0. The molecule has 8 nitrogen and oxygen atoms in total. The SMILES string of the molecule is Oc1cc(Cl)ccc1N=Nc1c(O)ccc2ccccc12.Oc1cc(Cl)ccc1N=Nc1c(O)ccc2ccccc12.[Co]. The van der Waals surface area contributed by atoms with Gasteiger partial charge in [-0.15, -0.1) is 20.5 Å². The van der Waals surface area contributed by atoms with Crippen molar-refractivity contribution in [2.24, 2.45) is 20.5 Å². The molecule has 0 spiro atoms. The second-order valence-electron chi connectivity index (χ2n) is 8.97. The molecule has 0 atom stereocenters. The summed E-state index contributed by atoms with van der Waals surface area (Å²) in [4.78, 5) is 0. The quantitative estimate of drug-likeness (QED) is 0.141. The summed E-state index contributed by atoms with van der Waals surface area (Å²) < 4.78 is 0. The maximum atomic E-state index is 9.96. The van der Waals surface area contributed by atoms with Crippen LogP contribution in [-0.4, -0.2) is 20.4 Å². The van der Waals surface area contributed by atoms with Gasteiger partial charge >= 0.3 is 0 Å². The molecule has 0 fully saturated rings. The molecule has 6 aromatic rings. The molecule has 217 valence electrons. The topological polar surface area (TPSA) is 130 Å². The Hall–Kier alpha value is -4.67. The van der Waals surface area contributed by atoms with E-state index in [1.165, 1.54) is 12.1 Å². The smallest absolute Gasteiger partial charge is 0.144 e. The average molecular weight is 656 g/mol. The maximum absolute atomic E-state index is 9.96. The van der Waals surface area contributed by atoms with E-state index >= 15 is 0 Å². The van der Waals surface area contributed by atoms with Gasteiger partial charge in [0.15, 0.2) is 0 Å². The Morgan fingerprint density at radius 1 is 0.419 bits per heavy atom. The molecule has 0 aliphatic heterocycles. The van der Waals surface area contributed by atoms with Crippen molar-refractivity contribution in [3.8, 4) is 23.0 Å². The summed E-state index contributed by atoms with van der Waals surface area (Å²) in [6.07, 6.45) is 0. The maximum Gasteiger partial charge on any atom is 0.144 e. The van der Waals surface area contributed by atoms with Crippen molar-refractivity contribution in [2.75, 3.05) is 0 Å². The summed E-state index contributed by atoms with van der Waals surface area (Å²) in [5.41, 5.74) is 1.29. The Kier molecular flexibility index (Phi) is 10.2. The zero-order valence-electron chi connectivity index (χ0n) is 22.1. The first-order valence-corrected chi connectivity index (χ1v) is 13.3. The van der Waals surface area contributed by atoms with Gasteiger partial charge < -0.3 is 20.4 Å². The van der Waals surface area contributed by atoms with Crippen LogP contribution in [0.3, 0.4) is 0 Å². The molecule has 6 aromatic carbocycles. The van der Waals surface area contributed by atoms with E-state index < -0.39 is 0 Å². The van der Waals surface area contributed by atoms with Crippen LogP contribution in [0, 0.1) is 0 Å². The number of azo groups is 2. The van der Waals surface area contributed by atoms with Crippen molar-refractivity contribution < 1.29 is 37.2 Å². The number of benzene rings is 6. The van der Waals surface area contributed by atoms with Crippen molar-refractivity contribution in [1.82, 2.24) is 0 Å². The summed E-state index contributed by atoms with van der Waals surface area (Å²) in [5, 5.41) is 59.8. The first-order valence-electron chi connectivity index (χ1n) is 12.5. The summed E-state index contributed by atoms with van der Waals surface area (Å²) in [5.74, 6) is -0.0613. The Morgan fingerprint density at radius 3 is 1.21 bits per heavy atom. The number of rotatable bonds is 4. The second kappa shape index (κ2) is 14.0. The van der Waals surface area contributed by atoms with Crippen LogP contribution >= 0.6 is 23.2 Å². The van der Waals surface area contributed by atoms with Gasteiger partial charge in [0, 0.05) is 49.7 Å². The molecular weight excluding hydrogens is 634 g/mol. The van der Waals surface area contributed by atoms with Gasteiger partial charge in [0.2, 0.25) is 0 Å². The van der Waals surface area contributed by atoms with Crippen LogP contribution in [0.2, 0.25) is 10.0 Å². The third-order valence-corrected chi connectivity index (χ3v) is 6.62. The monoisotopic (exact) mass is 655 g/mol. The Morgan fingerprint density at radius 2 is 0.814 bits per heavy atom. The van der Waals surface area contributed by atoms with Crippen molar-refractivity contribution in [2.45, 2.75) is 0 Å². The van der Waals surface area contributed by atoms with Gasteiger partial charge in [0.1, 0.15) is 45.7 Å². The predicted molar refractivity (Wildman–Crippen MR) is 166 cm³/mol. The van der Waals surface area contributed by atoms with E-state index in [9.17, 15) is 20.4 Å². The minimum absolute atomic E-state index is 0. The molecule has 0 amide bonds. The van der Waals surface area contributed by atoms with Gasteiger partial charge in [-0.1, -0.05) is 83.9 Å². The largest absolute Gasteiger partial charge is 0.506 e. The molecule has 1 radical (unpaired) electrons. The number of hydrogen-bond acceptors (Lipinski definition) is 8. The number of fused-ring (bicyclic) bond motifs is 2. The summed E-state index contributed by atoms with van der Waals surface area (Å²) >= 11 is 11.5. The number of phenolic OH excluding ortho intramolecular Hbond substituents is 4. The van der Waals surface area contributed by atoms with Crippen LogP contribution in [-0.2, 0) is 16.8 Å². The number of hydrogen-bond donors (Lipinski definition) is 4. The second-order valence-corrected chi connectivity index (χ2v) is 9.85. The van der Waals surface area contributed by atoms with Crippen LogP contribution in [0.15, 0.2) is 130 Å². The van der Waals surface area contributed by atoms with Gasteiger partial charge in [-0.3, -0.25) is 0 Å². The molecule has 0 aliphatic rings. The van der Waals surface area contributed by atoms with E-state index in [0.717, 1.165) is 21.5 Å². The fourth-order valence-electron chi connectivity index (χ4n) is 4.07. The third-order valence-electron chi connectivity index (χ3n) is 6.15. The van der Waals surface area contributed by atoms with Crippen molar-refractivity contribution in [3.05, 3.63) is 119 Å². The standard InChI is InChI=1S/2C16H11ClN2O2.Co/c2*17-11-6-7-13(15(21)9-11)18-19-16-12-4-2-1-3-10(12)5-8-14(16)20;/h2*1-9,20-21H;.